The Morgan fingerprint density at radius 3 is 2.61 bits per heavy atom. The number of nitrogens with zero attached hydrogens (tertiary/aromatic N) is 2. The maximum Gasteiger partial charge on any atom is 0.277 e. The molecule has 0 saturated heterocycles. The minimum atomic E-state index is -0.323. The van der Waals surface area contributed by atoms with Gasteiger partial charge in [-0.3, -0.25) is 10.1 Å². The van der Waals surface area contributed by atoms with Crippen molar-refractivity contribution in [3.63, 3.8) is 0 Å². The first-order valence-corrected chi connectivity index (χ1v) is 7.37. The Morgan fingerprint density at radius 1 is 0.957 bits per heavy atom. The summed E-state index contributed by atoms with van der Waals surface area (Å²) in [5.41, 5.74) is 3.82. The third-order valence-corrected chi connectivity index (χ3v) is 4.30. The summed E-state index contributed by atoms with van der Waals surface area (Å²) in [7, 11) is 2.01. The summed E-state index contributed by atoms with van der Waals surface area (Å²) in [5.74, 6) is 0. The summed E-state index contributed by atoms with van der Waals surface area (Å²) in [6.07, 6.45) is 4.02. The third kappa shape index (κ3) is 1.99. The van der Waals surface area contributed by atoms with Crippen molar-refractivity contribution in [2.75, 3.05) is 11.9 Å². The average molecular weight is 302 g/mol. The van der Waals surface area contributed by atoms with Gasteiger partial charge in [-0.1, -0.05) is 36.4 Å². The molecule has 0 aromatic heterocycles. The van der Waals surface area contributed by atoms with Crippen LogP contribution in [0.25, 0.3) is 28.0 Å². The Bertz CT molecular complexity index is 976. The van der Waals surface area contributed by atoms with E-state index in [4.69, 9.17) is 0 Å². The van der Waals surface area contributed by atoms with Crippen LogP contribution in [0.5, 0.6) is 0 Å². The standard InChI is InChI=1S/C19H14N2O2/c1-20-12-11-16-14(15-6-2-3-7-17(15)21(22)23)10-9-13-5-4-8-18(20)19(13)16/h2-12H,1H3. The predicted molar refractivity (Wildman–Crippen MR) is 93.5 cm³/mol. The van der Waals surface area contributed by atoms with Gasteiger partial charge in [-0.25, -0.2) is 0 Å². The first kappa shape index (κ1) is 13.5. The number of para-hydroxylation sites is 1. The van der Waals surface area contributed by atoms with Crippen LogP contribution in [0.2, 0.25) is 0 Å². The molecule has 1 aliphatic rings. The Kier molecular flexibility index (Phi) is 2.91. The van der Waals surface area contributed by atoms with Crippen LogP contribution in [0.3, 0.4) is 0 Å². The van der Waals surface area contributed by atoms with Gasteiger partial charge >= 0.3 is 0 Å². The van der Waals surface area contributed by atoms with Crippen LogP contribution >= 0.6 is 0 Å². The molecule has 0 amide bonds. The summed E-state index contributed by atoms with van der Waals surface area (Å²) in [4.78, 5) is 13.1. The predicted octanol–water partition coefficient (Wildman–Crippen LogP) is 4.84. The minimum Gasteiger partial charge on any atom is -0.351 e. The molecule has 1 aliphatic heterocycles. The van der Waals surface area contributed by atoms with Crippen LogP contribution in [0, 0.1) is 10.1 Å². The van der Waals surface area contributed by atoms with E-state index in [1.54, 1.807) is 12.1 Å². The highest BCUT2D eigenvalue weighted by Crippen LogP contribution is 2.41. The Morgan fingerprint density at radius 2 is 1.78 bits per heavy atom. The van der Waals surface area contributed by atoms with Crippen molar-refractivity contribution in [2.24, 2.45) is 0 Å². The molecule has 0 bridgehead atoms. The lowest BCUT2D eigenvalue weighted by Crippen LogP contribution is -2.11. The van der Waals surface area contributed by atoms with Gasteiger partial charge in [0.15, 0.2) is 0 Å². The molecule has 3 aromatic rings. The first-order valence-electron chi connectivity index (χ1n) is 7.37. The summed E-state index contributed by atoms with van der Waals surface area (Å²) < 4.78 is 0. The van der Waals surface area contributed by atoms with Crippen LogP contribution in [0.15, 0.2) is 60.8 Å². The van der Waals surface area contributed by atoms with Crippen molar-refractivity contribution < 1.29 is 4.92 Å². The Labute approximate surface area is 133 Å². The molecule has 3 aromatic carbocycles. The van der Waals surface area contributed by atoms with Crippen molar-refractivity contribution in [1.29, 1.82) is 0 Å². The molecule has 0 fully saturated rings. The fourth-order valence-corrected chi connectivity index (χ4v) is 3.22. The Hall–Kier alpha value is -3.14. The molecule has 4 rings (SSSR count). The maximum atomic E-state index is 11.4. The second kappa shape index (κ2) is 4.95. The van der Waals surface area contributed by atoms with Crippen LogP contribution < -0.4 is 4.90 Å². The highest BCUT2D eigenvalue weighted by Gasteiger charge is 2.20. The van der Waals surface area contributed by atoms with Gasteiger partial charge in [-0.2, -0.15) is 0 Å². The van der Waals surface area contributed by atoms with E-state index in [0.717, 1.165) is 27.6 Å². The third-order valence-electron chi connectivity index (χ3n) is 4.30. The minimum absolute atomic E-state index is 0.132. The van der Waals surface area contributed by atoms with E-state index < -0.39 is 0 Å². The molecule has 4 nitrogen and oxygen atoms in total. The molecule has 1 heterocycles. The molecular formula is C19H14N2O2. The molecule has 0 atom stereocenters. The lowest BCUT2D eigenvalue weighted by molar-refractivity contribution is -0.384. The van der Waals surface area contributed by atoms with Gasteiger partial charge in [0.2, 0.25) is 0 Å². The number of hydrogen-bond donors (Lipinski definition) is 0. The molecule has 0 spiro atoms. The fourth-order valence-electron chi connectivity index (χ4n) is 3.22. The van der Waals surface area contributed by atoms with Gasteiger partial charge < -0.3 is 4.90 Å². The summed E-state index contributed by atoms with van der Waals surface area (Å²) in [6, 6.07) is 17.1. The average Bonchev–Trinajstić information content (AvgIpc) is 2.58. The largest absolute Gasteiger partial charge is 0.351 e. The molecule has 4 heteroatoms. The van der Waals surface area contributed by atoms with Crippen LogP contribution in [-0.4, -0.2) is 12.0 Å². The smallest absolute Gasteiger partial charge is 0.277 e. The normalized spacial score (nSPS) is 12.7. The van der Waals surface area contributed by atoms with Crippen molar-refractivity contribution in [3.8, 4) is 11.1 Å². The van der Waals surface area contributed by atoms with E-state index in [9.17, 15) is 10.1 Å². The number of hydrogen-bond acceptors (Lipinski definition) is 3. The number of benzene rings is 3. The van der Waals surface area contributed by atoms with Gasteiger partial charge in [0, 0.05) is 30.4 Å². The zero-order valence-corrected chi connectivity index (χ0v) is 12.6. The zero-order valence-electron chi connectivity index (χ0n) is 12.6. The van der Waals surface area contributed by atoms with Gasteiger partial charge in [-0.05, 0) is 34.7 Å². The molecule has 0 unspecified atom stereocenters. The van der Waals surface area contributed by atoms with E-state index in [-0.39, 0.29) is 10.6 Å². The van der Waals surface area contributed by atoms with Crippen molar-refractivity contribution >= 4 is 28.2 Å². The molecular weight excluding hydrogens is 288 g/mol. The number of rotatable bonds is 2. The highest BCUT2D eigenvalue weighted by molar-refractivity contribution is 6.07. The molecule has 23 heavy (non-hydrogen) atoms. The van der Waals surface area contributed by atoms with Gasteiger partial charge in [-0.15, -0.1) is 0 Å². The van der Waals surface area contributed by atoms with E-state index >= 15 is 0 Å². The van der Waals surface area contributed by atoms with Crippen molar-refractivity contribution in [1.82, 2.24) is 0 Å². The number of nitro benzene ring substituents is 1. The Balaban J connectivity index is 2.09. The van der Waals surface area contributed by atoms with Crippen molar-refractivity contribution in [2.45, 2.75) is 0 Å². The molecule has 0 aliphatic carbocycles. The lowest BCUT2D eigenvalue weighted by atomic mass is 9.91. The summed E-state index contributed by atoms with van der Waals surface area (Å²) >= 11 is 0. The topological polar surface area (TPSA) is 46.4 Å². The van der Waals surface area contributed by atoms with Crippen LogP contribution in [0.1, 0.15) is 5.56 Å². The van der Waals surface area contributed by atoms with Gasteiger partial charge in [0.1, 0.15) is 0 Å². The van der Waals surface area contributed by atoms with Crippen molar-refractivity contribution in [3.05, 3.63) is 76.5 Å². The van der Waals surface area contributed by atoms with E-state index in [2.05, 4.69) is 17.0 Å². The van der Waals surface area contributed by atoms with Gasteiger partial charge in [0.25, 0.3) is 5.69 Å². The maximum absolute atomic E-state index is 11.4. The van der Waals surface area contributed by atoms with Gasteiger partial charge in [0.05, 0.1) is 10.5 Å². The molecule has 112 valence electrons. The second-order valence-corrected chi connectivity index (χ2v) is 5.60. The van der Waals surface area contributed by atoms with E-state index in [1.807, 2.05) is 49.7 Å². The van der Waals surface area contributed by atoms with E-state index in [0.29, 0.717) is 5.56 Å². The zero-order chi connectivity index (χ0) is 16.0. The fraction of sp³-hybridized carbons (Fsp3) is 0.0526. The highest BCUT2D eigenvalue weighted by atomic mass is 16.6. The number of nitro groups is 1. The molecule has 0 radical (unpaired) electrons. The lowest BCUT2D eigenvalue weighted by Gasteiger charge is -2.24. The summed E-state index contributed by atoms with van der Waals surface area (Å²) in [5, 5.41) is 13.6. The second-order valence-electron chi connectivity index (χ2n) is 5.60. The SMILES string of the molecule is CN1C=Cc2c(-c3ccccc3[N+](=O)[O-])ccc3cccc1c23. The summed E-state index contributed by atoms with van der Waals surface area (Å²) in [6.45, 7) is 0. The number of anilines is 1. The van der Waals surface area contributed by atoms with E-state index in [1.165, 1.54) is 0 Å². The van der Waals surface area contributed by atoms with Crippen LogP contribution in [0.4, 0.5) is 11.4 Å². The molecule has 0 saturated carbocycles. The monoisotopic (exact) mass is 302 g/mol. The molecule has 0 N–H and O–H groups in total. The first-order chi connectivity index (χ1) is 11.2. The quantitative estimate of drug-likeness (QED) is 0.503. The van der Waals surface area contributed by atoms with Crippen LogP contribution in [-0.2, 0) is 0 Å².